The number of ether oxygens (including phenoxy) is 3. The second-order valence-electron chi connectivity index (χ2n) is 10.1. The third-order valence-electron chi connectivity index (χ3n) is 6.51. The molecule has 0 aliphatic carbocycles. The third kappa shape index (κ3) is 5.72. The van der Waals surface area contributed by atoms with Crippen molar-refractivity contribution < 1.29 is 27.4 Å². The Morgan fingerprint density at radius 3 is 2.34 bits per heavy atom. The summed E-state index contributed by atoms with van der Waals surface area (Å²) >= 11 is 0. The summed E-state index contributed by atoms with van der Waals surface area (Å²) in [6, 6.07) is 16.8. The molecule has 1 unspecified atom stereocenters. The maximum absolute atomic E-state index is 13.9. The summed E-state index contributed by atoms with van der Waals surface area (Å²) in [7, 11) is -1.20. The van der Waals surface area contributed by atoms with Gasteiger partial charge in [-0.25, -0.2) is 8.42 Å². The van der Waals surface area contributed by atoms with Crippen LogP contribution in [0.15, 0.2) is 65.6 Å². The molecule has 8 nitrogen and oxygen atoms in total. The van der Waals surface area contributed by atoms with Crippen LogP contribution in [-0.2, 0) is 14.8 Å². The van der Waals surface area contributed by atoms with Crippen LogP contribution in [0, 0.1) is 13.8 Å². The number of hydrogen-bond acceptors (Lipinski definition) is 6. The normalized spacial score (nSPS) is 16.1. The molecule has 9 heteroatoms. The molecular weight excluding hydrogens is 504 g/mol. The van der Waals surface area contributed by atoms with Crippen LogP contribution in [0.5, 0.6) is 17.2 Å². The molecule has 0 fully saturated rings. The minimum Gasteiger partial charge on any atom is -0.497 e. The zero-order chi connectivity index (χ0) is 27.7. The number of anilines is 1. The Bertz CT molecular complexity index is 1430. The van der Waals surface area contributed by atoms with Crippen molar-refractivity contribution in [2.45, 2.75) is 50.7 Å². The number of amides is 1. The summed E-state index contributed by atoms with van der Waals surface area (Å²) in [6.07, 6.45) is 0.530. The van der Waals surface area contributed by atoms with Crippen molar-refractivity contribution in [3.63, 3.8) is 0 Å². The Morgan fingerprint density at radius 2 is 1.68 bits per heavy atom. The Morgan fingerprint density at radius 1 is 1.00 bits per heavy atom. The van der Waals surface area contributed by atoms with E-state index in [9.17, 15) is 13.2 Å². The van der Waals surface area contributed by atoms with E-state index in [0.717, 1.165) is 21.0 Å². The lowest BCUT2D eigenvalue weighted by Crippen LogP contribution is -2.45. The molecule has 4 rings (SSSR count). The van der Waals surface area contributed by atoms with E-state index in [1.54, 1.807) is 30.3 Å². The molecule has 1 N–H and O–H groups in total. The molecule has 3 aromatic carbocycles. The van der Waals surface area contributed by atoms with Crippen LogP contribution in [0.4, 0.5) is 5.69 Å². The van der Waals surface area contributed by atoms with Crippen molar-refractivity contribution in [1.82, 2.24) is 5.32 Å². The van der Waals surface area contributed by atoms with Gasteiger partial charge in [-0.05, 0) is 63.6 Å². The zero-order valence-electron chi connectivity index (χ0n) is 22.6. The van der Waals surface area contributed by atoms with Crippen LogP contribution in [0.3, 0.4) is 0 Å². The summed E-state index contributed by atoms with van der Waals surface area (Å²) in [5, 5.41) is 3.05. The fourth-order valence-corrected chi connectivity index (χ4v) is 6.01. The predicted molar refractivity (Wildman–Crippen MR) is 147 cm³/mol. The number of carbonyl (C=O) groups is 1. The van der Waals surface area contributed by atoms with Gasteiger partial charge in [0.1, 0.15) is 29.4 Å². The van der Waals surface area contributed by atoms with Crippen LogP contribution >= 0.6 is 0 Å². The molecule has 0 aromatic heterocycles. The summed E-state index contributed by atoms with van der Waals surface area (Å²) < 4.78 is 45.9. The first-order valence-corrected chi connectivity index (χ1v) is 13.8. The lowest BCUT2D eigenvalue weighted by Gasteiger charge is -2.38. The molecular formula is C29H34N2O6S. The molecule has 1 atom stereocenters. The summed E-state index contributed by atoms with van der Waals surface area (Å²) in [5.41, 5.74) is 2.51. The Labute approximate surface area is 224 Å². The van der Waals surface area contributed by atoms with Crippen molar-refractivity contribution in [3.05, 3.63) is 77.4 Å². The van der Waals surface area contributed by atoms with E-state index < -0.39 is 28.1 Å². The average molecular weight is 539 g/mol. The van der Waals surface area contributed by atoms with E-state index in [2.05, 4.69) is 5.32 Å². The van der Waals surface area contributed by atoms with Crippen LogP contribution in [0.2, 0.25) is 0 Å². The van der Waals surface area contributed by atoms with Gasteiger partial charge in [0.2, 0.25) is 5.91 Å². The SMILES string of the molecule is COc1ccc(OC)c(N(CC(=O)NC2CC(C)(C)Oc3cc(C)ccc32)S(=O)(=O)c2ccc(C)cc2)c1. The number of aryl methyl sites for hydroxylation is 2. The van der Waals surface area contributed by atoms with Gasteiger partial charge in [-0.15, -0.1) is 0 Å². The average Bonchev–Trinajstić information content (AvgIpc) is 2.86. The smallest absolute Gasteiger partial charge is 0.264 e. The zero-order valence-corrected chi connectivity index (χ0v) is 23.4. The van der Waals surface area contributed by atoms with E-state index in [1.807, 2.05) is 45.9 Å². The molecule has 3 aromatic rings. The first kappa shape index (κ1) is 27.3. The molecule has 1 heterocycles. The third-order valence-corrected chi connectivity index (χ3v) is 8.29. The number of hydrogen-bond donors (Lipinski definition) is 1. The van der Waals surface area contributed by atoms with Gasteiger partial charge in [-0.2, -0.15) is 0 Å². The van der Waals surface area contributed by atoms with Gasteiger partial charge in [0.25, 0.3) is 10.0 Å². The van der Waals surface area contributed by atoms with Crippen molar-refractivity contribution in [3.8, 4) is 17.2 Å². The Balaban J connectivity index is 1.72. The second-order valence-corrected chi connectivity index (χ2v) is 12.0. The maximum atomic E-state index is 13.9. The number of fused-ring (bicyclic) bond motifs is 1. The number of benzene rings is 3. The second kappa shape index (κ2) is 10.6. The minimum atomic E-state index is -4.14. The maximum Gasteiger partial charge on any atom is 0.264 e. The van der Waals surface area contributed by atoms with Gasteiger partial charge in [0.05, 0.1) is 30.8 Å². The van der Waals surface area contributed by atoms with E-state index in [4.69, 9.17) is 14.2 Å². The van der Waals surface area contributed by atoms with E-state index in [1.165, 1.54) is 26.4 Å². The quantitative estimate of drug-likeness (QED) is 0.437. The number of nitrogens with one attached hydrogen (secondary N) is 1. The number of nitrogens with zero attached hydrogens (tertiary/aromatic N) is 1. The van der Waals surface area contributed by atoms with Crippen LogP contribution in [-0.4, -0.2) is 40.7 Å². The van der Waals surface area contributed by atoms with Crippen LogP contribution in [0.1, 0.15) is 43.0 Å². The molecule has 1 amide bonds. The highest BCUT2D eigenvalue weighted by Gasteiger charge is 2.36. The monoisotopic (exact) mass is 538 g/mol. The number of carbonyl (C=O) groups excluding carboxylic acids is 1. The summed E-state index contributed by atoms with van der Waals surface area (Å²) in [5.74, 6) is 0.980. The largest absolute Gasteiger partial charge is 0.497 e. The lowest BCUT2D eigenvalue weighted by molar-refractivity contribution is -0.120. The van der Waals surface area contributed by atoms with Crippen molar-refractivity contribution in [2.24, 2.45) is 0 Å². The van der Waals surface area contributed by atoms with Crippen LogP contribution in [0.25, 0.3) is 0 Å². The standard InChI is InChI=1S/C29H34N2O6S/c1-19-7-11-22(12-8-19)38(33,34)31(25-16-21(35-5)10-14-26(25)36-6)18-28(32)30-24-17-29(3,4)37-27-15-20(2)9-13-23(24)27/h7-16,24H,17-18H2,1-6H3,(H,30,32). The van der Waals surface area contributed by atoms with Gasteiger partial charge in [-0.3, -0.25) is 9.10 Å². The van der Waals surface area contributed by atoms with Crippen molar-refractivity contribution in [2.75, 3.05) is 25.1 Å². The topological polar surface area (TPSA) is 94.2 Å². The number of rotatable bonds is 8. The highest BCUT2D eigenvalue weighted by molar-refractivity contribution is 7.92. The molecule has 0 saturated heterocycles. The predicted octanol–water partition coefficient (Wildman–Crippen LogP) is 4.93. The molecule has 0 radical (unpaired) electrons. The molecule has 1 aliphatic rings. The highest BCUT2D eigenvalue weighted by Crippen LogP contribution is 2.40. The fourth-order valence-electron chi connectivity index (χ4n) is 4.59. The Hall–Kier alpha value is -3.72. The molecule has 0 saturated carbocycles. The van der Waals surface area contributed by atoms with Gasteiger partial charge in [0, 0.05) is 18.1 Å². The molecule has 1 aliphatic heterocycles. The number of methoxy groups -OCH3 is 2. The number of sulfonamides is 1. The minimum absolute atomic E-state index is 0.0637. The van der Waals surface area contributed by atoms with Crippen molar-refractivity contribution >= 4 is 21.6 Å². The summed E-state index contributed by atoms with van der Waals surface area (Å²) in [4.78, 5) is 13.6. The van der Waals surface area contributed by atoms with E-state index in [0.29, 0.717) is 23.7 Å². The first-order chi connectivity index (χ1) is 17.9. The van der Waals surface area contributed by atoms with Gasteiger partial charge >= 0.3 is 0 Å². The molecule has 38 heavy (non-hydrogen) atoms. The molecule has 202 valence electrons. The van der Waals surface area contributed by atoms with Crippen molar-refractivity contribution in [1.29, 1.82) is 0 Å². The first-order valence-electron chi connectivity index (χ1n) is 12.3. The fraction of sp³-hybridized carbons (Fsp3) is 0.345. The Kier molecular flexibility index (Phi) is 7.60. The summed E-state index contributed by atoms with van der Waals surface area (Å²) in [6.45, 7) is 7.33. The molecule has 0 spiro atoms. The van der Waals surface area contributed by atoms with E-state index in [-0.39, 0.29) is 16.6 Å². The van der Waals surface area contributed by atoms with Gasteiger partial charge < -0.3 is 19.5 Å². The lowest BCUT2D eigenvalue weighted by atomic mass is 9.89. The van der Waals surface area contributed by atoms with Gasteiger partial charge in [-0.1, -0.05) is 29.8 Å². The van der Waals surface area contributed by atoms with E-state index >= 15 is 0 Å². The highest BCUT2D eigenvalue weighted by atomic mass is 32.2. The van der Waals surface area contributed by atoms with Gasteiger partial charge in [0.15, 0.2) is 0 Å². The van der Waals surface area contributed by atoms with Crippen LogP contribution < -0.4 is 23.8 Å². The molecule has 0 bridgehead atoms.